The summed E-state index contributed by atoms with van der Waals surface area (Å²) in [5, 5.41) is 14.1. The van der Waals surface area contributed by atoms with Crippen LogP contribution in [0.2, 0.25) is 0 Å². The fourth-order valence-corrected chi connectivity index (χ4v) is 5.12. The number of nitrogens with one attached hydrogen (secondary N) is 2. The Balaban J connectivity index is 1.89. The monoisotopic (exact) mass is 409 g/mol. The van der Waals surface area contributed by atoms with Gasteiger partial charge in [0, 0.05) is 0 Å². The number of pyridine rings is 1. The molecule has 0 fully saturated rings. The first-order valence-corrected chi connectivity index (χ1v) is 11.6. The van der Waals surface area contributed by atoms with Crippen LogP contribution in [0.5, 0.6) is 5.75 Å². The van der Waals surface area contributed by atoms with Crippen molar-refractivity contribution < 1.29 is 9.32 Å². The fraction of sp³-hybridized carbons (Fsp3) is 0.150. The van der Waals surface area contributed by atoms with E-state index in [0.717, 1.165) is 21.9 Å². The van der Waals surface area contributed by atoms with Crippen molar-refractivity contribution in [1.82, 2.24) is 9.71 Å². The number of fused-ring (bicyclic) bond motifs is 3. The zero-order valence-electron chi connectivity index (χ0n) is 15.4. The summed E-state index contributed by atoms with van der Waals surface area (Å²) in [6.45, 7) is 7.48. The number of benzene rings is 2. The molecule has 2 aromatic carbocycles. The predicted molar refractivity (Wildman–Crippen MR) is 118 cm³/mol. The Morgan fingerprint density at radius 1 is 1.18 bits per heavy atom. The fourth-order valence-electron chi connectivity index (χ4n) is 3.49. The van der Waals surface area contributed by atoms with E-state index in [1.807, 2.05) is 42.6 Å². The van der Waals surface area contributed by atoms with Crippen molar-refractivity contribution >= 4 is 48.6 Å². The van der Waals surface area contributed by atoms with Crippen LogP contribution in [0, 0.1) is 0 Å². The molecule has 8 heteroatoms. The third kappa shape index (κ3) is 3.39. The molecule has 0 aliphatic rings. The van der Waals surface area contributed by atoms with Gasteiger partial charge < -0.3 is 0 Å². The molecule has 1 radical (unpaired) electrons. The first-order valence-electron chi connectivity index (χ1n) is 8.64. The molecule has 2 aromatic heterocycles. The minimum atomic E-state index is -2.56. The molecule has 0 spiro atoms. The zero-order valence-corrected chi connectivity index (χ0v) is 17.0. The van der Waals surface area contributed by atoms with Gasteiger partial charge >= 0.3 is 163 Å². The van der Waals surface area contributed by atoms with Gasteiger partial charge in [-0.15, -0.1) is 0 Å². The van der Waals surface area contributed by atoms with Gasteiger partial charge in [-0.2, -0.15) is 0 Å². The van der Waals surface area contributed by atoms with Gasteiger partial charge in [0.25, 0.3) is 0 Å². The molecule has 28 heavy (non-hydrogen) atoms. The minimum absolute atomic E-state index is 0.130. The first-order chi connectivity index (χ1) is 13.2. The molecule has 0 aliphatic carbocycles. The SMILES string of the molecule is [B]=S(C)(=O)NC(C)c1ccc(-c2c(O)ccc3[nH]c(=O)c4sccc4c23)cc1. The first kappa shape index (κ1) is 18.9. The summed E-state index contributed by atoms with van der Waals surface area (Å²) in [6.07, 6.45) is 1.46. The number of hydrogen-bond donors (Lipinski definition) is 3. The molecular formula is C20H18BN2O3S2. The van der Waals surface area contributed by atoms with Crippen LogP contribution in [0.4, 0.5) is 0 Å². The second-order valence-corrected chi connectivity index (χ2v) is 9.82. The zero-order chi connectivity index (χ0) is 20.1. The van der Waals surface area contributed by atoms with Crippen LogP contribution in [0.25, 0.3) is 32.1 Å². The Morgan fingerprint density at radius 3 is 2.57 bits per heavy atom. The van der Waals surface area contributed by atoms with E-state index in [2.05, 4.69) is 9.71 Å². The third-order valence-electron chi connectivity index (χ3n) is 4.68. The van der Waals surface area contributed by atoms with Gasteiger partial charge in [0.2, 0.25) is 0 Å². The summed E-state index contributed by atoms with van der Waals surface area (Å²) in [5.74, 6) is 0.143. The Labute approximate surface area is 167 Å². The summed E-state index contributed by atoms with van der Waals surface area (Å²) in [5.41, 5.74) is 2.97. The second-order valence-electron chi connectivity index (χ2n) is 6.87. The summed E-state index contributed by atoms with van der Waals surface area (Å²) >= 11 is 1.38. The number of aromatic nitrogens is 1. The quantitative estimate of drug-likeness (QED) is 0.450. The van der Waals surface area contributed by atoms with Gasteiger partial charge in [-0.3, -0.25) is 4.79 Å². The average molecular weight is 409 g/mol. The van der Waals surface area contributed by atoms with Gasteiger partial charge in [-0.05, 0) is 0 Å². The molecule has 3 N–H and O–H groups in total. The van der Waals surface area contributed by atoms with Crippen molar-refractivity contribution in [3.05, 3.63) is 63.8 Å². The summed E-state index contributed by atoms with van der Waals surface area (Å²) in [4.78, 5) is 15.2. The van der Waals surface area contributed by atoms with Gasteiger partial charge in [0.05, 0.1) is 0 Å². The number of phenols is 1. The van der Waals surface area contributed by atoms with Gasteiger partial charge in [0.15, 0.2) is 0 Å². The number of aromatic amines is 1. The predicted octanol–water partition coefficient (Wildman–Crippen LogP) is 3.68. The number of phenolic OH excluding ortho intramolecular Hbond substituents is 1. The maximum atomic E-state index is 12.3. The maximum absolute atomic E-state index is 12.3. The van der Waals surface area contributed by atoms with Crippen LogP contribution in [0.15, 0.2) is 52.6 Å². The molecule has 141 valence electrons. The van der Waals surface area contributed by atoms with Crippen LogP contribution >= 0.6 is 11.3 Å². The summed E-state index contributed by atoms with van der Waals surface area (Å²) in [6, 6.07) is 12.6. The van der Waals surface area contributed by atoms with E-state index in [1.54, 1.807) is 12.1 Å². The van der Waals surface area contributed by atoms with E-state index in [1.165, 1.54) is 17.6 Å². The van der Waals surface area contributed by atoms with E-state index in [-0.39, 0.29) is 17.4 Å². The summed E-state index contributed by atoms with van der Waals surface area (Å²) < 4.78 is 15.3. The standard InChI is InChI=1S/C20H18BN2O3S2/c1-11(23-28(2,21)26)12-3-5-13(6-4-12)17-16(24)8-7-15-18(17)14-9-10-27-19(14)20(25)22-15/h3-11,24H,1-2H3,(H,22,25)(H,23,26). The van der Waals surface area contributed by atoms with Gasteiger partial charge in [-0.1, -0.05) is 0 Å². The van der Waals surface area contributed by atoms with E-state index in [0.29, 0.717) is 15.8 Å². The van der Waals surface area contributed by atoms with Crippen LogP contribution in [-0.2, 0) is 9.55 Å². The molecule has 0 aliphatic heterocycles. The Kier molecular flexibility index (Phi) is 4.65. The van der Waals surface area contributed by atoms with Crippen molar-refractivity contribution in [2.45, 2.75) is 13.0 Å². The number of hydrogen-bond acceptors (Lipinski definition) is 4. The van der Waals surface area contributed by atoms with Gasteiger partial charge in [0.1, 0.15) is 0 Å². The van der Waals surface area contributed by atoms with Crippen LogP contribution in [0.1, 0.15) is 18.5 Å². The topological polar surface area (TPSA) is 82.2 Å². The van der Waals surface area contributed by atoms with Crippen molar-refractivity contribution in [3.63, 3.8) is 0 Å². The number of H-pyrrole nitrogens is 1. The van der Waals surface area contributed by atoms with Gasteiger partial charge in [-0.25, -0.2) is 0 Å². The molecule has 2 unspecified atom stereocenters. The molecule has 5 nitrogen and oxygen atoms in total. The van der Waals surface area contributed by atoms with Crippen molar-refractivity contribution in [3.8, 4) is 16.9 Å². The van der Waals surface area contributed by atoms with Crippen molar-refractivity contribution in [1.29, 1.82) is 0 Å². The number of aromatic hydroxyl groups is 1. The molecule has 0 saturated carbocycles. The van der Waals surface area contributed by atoms with Crippen LogP contribution < -0.4 is 10.3 Å². The molecule has 4 rings (SSSR count). The normalized spacial score (nSPS) is 14.9. The van der Waals surface area contributed by atoms with E-state index in [9.17, 15) is 14.1 Å². The van der Waals surface area contributed by atoms with Crippen LogP contribution in [0.3, 0.4) is 0 Å². The van der Waals surface area contributed by atoms with Crippen LogP contribution in [-0.4, -0.2) is 27.3 Å². The molecule has 0 saturated heterocycles. The Hall–Kier alpha value is -2.42. The Bertz CT molecular complexity index is 1360. The second kappa shape index (κ2) is 6.88. The Morgan fingerprint density at radius 2 is 1.89 bits per heavy atom. The average Bonchev–Trinajstić information content (AvgIpc) is 3.11. The molecule has 0 amide bonds. The summed E-state index contributed by atoms with van der Waals surface area (Å²) in [7, 11) is -2.56. The molecule has 0 bridgehead atoms. The van der Waals surface area contributed by atoms with E-state index < -0.39 is 9.55 Å². The van der Waals surface area contributed by atoms with E-state index >= 15 is 0 Å². The molecule has 4 aromatic rings. The van der Waals surface area contributed by atoms with Crippen molar-refractivity contribution in [2.75, 3.05) is 6.26 Å². The van der Waals surface area contributed by atoms with E-state index in [4.69, 9.17) is 6.72 Å². The van der Waals surface area contributed by atoms with Crippen molar-refractivity contribution in [2.24, 2.45) is 0 Å². The molecule has 2 atom stereocenters. The number of thiophene rings is 1. The molecular weight excluding hydrogens is 391 g/mol. The number of rotatable bonds is 4. The molecule has 2 heterocycles. The third-order valence-corrected chi connectivity index (χ3v) is 6.42.